The summed E-state index contributed by atoms with van der Waals surface area (Å²) in [6, 6.07) is 0. The predicted octanol–water partition coefficient (Wildman–Crippen LogP) is 3.22. The van der Waals surface area contributed by atoms with E-state index in [4.69, 9.17) is 4.52 Å². The molecule has 4 heterocycles. The van der Waals surface area contributed by atoms with Crippen LogP contribution in [0, 0.1) is 13.8 Å². The summed E-state index contributed by atoms with van der Waals surface area (Å²) < 4.78 is 5.34. The largest absolute Gasteiger partial charge is 0.338 e. The Balaban J connectivity index is 1.51. The number of hydrogen-bond donors (Lipinski definition) is 0. The first-order chi connectivity index (χ1) is 12.6. The number of rotatable bonds is 3. The van der Waals surface area contributed by atoms with Crippen LogP contribution in [0.5, 0.6) is 0 Å². The molecule has 1 aliphatic heterocycles. The van der Waals surface area contributed by atoms with Crippen LogP contribution >= 0.6 is 11.3 Å². The molecule has 8 heteroatoms. The number of carbonyl (C=O) groups excluding carboxylic acids is 1. The van der Waals surface area contributed by atoms with Crippen molar-refractivity contribution in [3.8, 4) is 11.6 Å². The van der Waals surface area contributed by atoms with E-state index < -0.39 is 0 Å². The normalized spacial score (nSPS) is 17.5. The number of likely N-dealkylation sites (tertiary alicyclic amines) is 1. The summed E-state index contributed by atoms with van der Waals surface area (Å²) in [6.07, 6.45) is 6.64. The number of carbonyl (C=O) groups is 1. The molecule has 0 radical (unpaired) electrons. The number of aryl methyl sites for hydroxylation is 1. The molecule has 0 aromatic carbocycles. The van der Waals surface area contributed by atoms with Crippen molar-refractivity contribution in [1.82, 2.24) is 25.0 Å². The number of thiophene rings is 1. The molecule has 1 amide bonds. The van der Waals surface area contributed by atoms with Crippen molar-refractivity contribution in [2.75, 3.05) is 13.1 Å². The van der Waals surface area contributed by atoms with E-state index in [-0.39, 0.29) is 11.8 Å². The van der Waals surface area contributed by atoms with Gasteiger partial charge in [-0.25, -0.2) is 4.98 Å². The smallest absolute Gasteiger partial charge is 0.278 e. The molecule has 0 saturated carbocycles. The minimum atomic E-state index is 0.0712. The lowest BCUT2D eigenvalue weighted by Crippen LogP contribution is -2.39. The number of hydrogen-bond acceptors (Lipinski definition) is 7. The summed E-state index contributed by atoms with van der Waals surface area (Å²) >= 11 is 1.62. The predicted molar refractivity (Wildman–Crippen MR) is 97.0 cm³/mol. The summed E-state index contributed by atoms with van der Waals surface area (Å²) in [4.78, 5) is 28.7. The van der Waals surface area contributed by atoms with Gasteiger partial charge in [0.15, 0.2) is 5.82 Å². The summed E-state index contributed by atoms with van der Waals surface area (Å²) in [5.41, 5.74) is 2.44. The van der Waals surface area contributed by atoms with E-state index >= 15 is 0 Å². The lowest BCUT2D eigenvalue weighted by Gasteiger charge is -2.31. The maximum Gasteiger partial charge on any atom is 0.278 e. The van der Waals surface area contributed by atoms with Crippen LogP contribution in [-0.4, -0.2) is 44.0 Å². The van der Waals surface area contributed by atoms with Crippen molar-refractivity contribution < 1.29 is 9.32 Å². The highest BCUT2D eigenvalue weighted by Crippen LogP contribution is 2.29. The maximum absolute atomic E-state index is 12.9. The highest BCUT2D eigenvalue weighted by Gasteiger charge is 2.29. The van der Waals surface area contributed by atoms with Crippen molar-refractivity contribution >= 4 is 17.2 Å². The molecule has 26 heavy (non-hydrogen) atoms. The molecule has 1 unspecified atom stereocenters. The molecule has 7 nitrogen and oxygen atoms in total. The molecule has 3 aromatic heterocycles. The van der Waals surface area contributed by atoms with Crippen LogP contribution in [0.4, 0.5) is 0 Å². The van der Waals surface area contributed by atoms with Crippen LogP contribution in [0.15, 0.2) is 28.5 Å². The minimum absolute atomic E-state index is 0.0712. The Bertz CT molecular complexity index is 921. The number of piperidine rings is 1. The van der Waals surface area contributed by atoms with E-state index in [1.54, 1.807) is 29.9 Å². The van der Waals surface area contributed by atoms with Gasteiger partial charge in [-0.3, -0.25) is 9.78 Å². The van der Waals surface area contributed by atoms with Crippen molar-refractivity contribution in [2.45, 2.75) is 32.6 Å². The first-order valence-electron chi connectivity index (χ1n) is 8.57. The Labute approximate surface area is 155 Å². The van der Waals surface area contributed by atoms with E-state index in [0.29, 0.717) is 24.0 Å². The van der Waals surface area contributed by atoms with Crippen molar-refractivity contribution in [3.63, 3.8) is 0 Å². The van der Waals surface area contributed by atoms with Gasteiger partial charge in [0.25, 0.3) is 11.8 Å². The molecule has 0 bridgehead atoms. The molecule has 1 fully saturated rings. The molecule has 0 N–H and O–H groups in total. The van der Waals surface area contributed by atoms with Gasteiger partial charge in [-0.1, -0.05) is 5.16 Å². The lowest BCUT2D eigenvalue weighted by atomic mass is 9.96. The molecule has 0 spiro atoms. The summed E-state index contributed by atoms with van der Waals surface area (Å²) in [6.45, 7) is 5.42. The monoisotopic (exact) mass is 369 g/mol. The molecular formula is C18H19N5O2S. The lowest BCUT2D eigenvalue weighted by molar-refractivity contribution is 0.0703. The van der Waals surface area contributed by atoms with Gasteiger partial charge in [0.2, 0.25) is 0 Å². The third-order valence-corrected chi connectivity index (χ3v) is 5.83. The Morgan fingerprint density at radius 1 is 1.35 bits per heavy atom. The topological polar surface area (TPSA) is 85.0 Å². The molecule has 0 aliphatic carbocycles. The standard InChI is InChI=1S/C18H19N5O2S/c1-11-12(2)26-10-14(11)18(24)23-7-3-4-13(9-23)16-21-17(25-22-16)15-8-19-5-6-20-15/h5-6,8,10,13H,3-4,7,9H2,1-2H3. The zero-order valence-corrected chi connectivity index (χ0v) is 15.5. The second-order valence-electron chi connectivity index (χ2n) is 6.47. The zero-order chi connectivity index (χ0) is 18.1. The SMILES string of the molecule is Cc1scc(C(=O)N2CCCC(c3noc(-c4cnccn4)n3)C2)c1C. The Morgan fingerprint density at radius 3 is 2.96 bits per heavy atom. The second kappa shape index (κ2) is 6.95. The maximum atomic E-state index is 12.9. The third-order valence-electron chi connectivity index (χ3n) is 4.81. The Hall–Kier alpha value is -2.61. The van der Waals surface area contributed by atoms with Gasteiger partial charge in [-0.2, -0.15) is 4.98 Å². The van der Waals surface area contributed by atoms with E-state index in [9.17, 15) is 4.79 Å². The molecule has 1 atom stereocenters. The van der Waals surface area contributed by atoms with Gasteiger partial charge in [-0.15, -0.1) is 11.3 Å². The fourth-order valence-corrected chi connectivity index (χ4v) is 4.04. The van der Waals surface area contributed by atoms with Crippen molar-refractivity contribution in [2.24, 2.45) is 0 Å². The van der Waals surface area contributed by atoms with Crippen LogP contribution in [0.1, 0.15) is 45.4 Å². The van der Waals surface area contributed by atoms with Crippen LogP contribution < -0.4 is 0 Å². The van der Waals surface area contributed by atoms with E-state index in [2.05, 4.69) is 20.1 Å². The third kappa shape index (κ3) is 3.12. The Morgan fingerprint density at radius 2 is 2.23 bits per heavy atom. The fourth-order valence-electron chi connectivity index (χ4n) is 3.18. The van der Waals surface area contributed by atoms with Crippen molar-refractivity contribution in [3.05, 3.63) is 45.8 Å². The number of amides is 1. The van der Waals surface area contributed by atoms with Crippen molar-refractivity contribution in [1.29, 1.82) is 0 Å². The van der Waals surface area contributed by atoms with E-state index in [1.807, 2.05) is 24.1 Å². The first-order valence-corrected chi connectivity index (χ1v) is 9.45. The van der Waals surface area contributed by atoms with Gasteiger partial charge >= 0.3 is 0 Å². The Kier molecular flexibility index (Phi) is 4.50. The quantitative estimate of drug-likeness (QED) is 0.705. The zero-order valence-electron chi connectivity index (χ0n) is 14.7. The van der Waals surface area contributed by atoms with Crippen LogP contribution in [0.2, 0.25) is 0 Å². The highest BCUT2D eigenvalue weighted by atomic mass is 32.1. The van der Waals surface area contributed by atoms with E-state index in [0.717, 1.165) is 30.5 Å². The molecule has 1 aliphatic rings. The van der Waals surface area contributed by atoms with Gasteiger partial charge in [0.1, 0.15) is 5.69 Å². The first kappa shape index (κ1) is 16.8. The molecule has 3 aromatic rings. The van der Waals surface area contributed by atoms with Gasteiger partial charge in [-0.05, 0) is 32.3 Å². The highest BCUT2D eigenvalue weighted by molar-refractivity contribution is 7.10. The average molecular weight is 369 g/mol. The summed E-state index contributed by atoms with van der Waals surface area (Å²) in [5, 5.41) is 6.07. The van der Waals surface area contributed by atoms with Gasteiger partial charge in [0.05, 0.1) is 11.8 Å². The van der Waals surface area contributed by atoms with Crippen LogP contribution in [0.3, 0.4) is 0 Å². The number of aromatic nitrogens is 4. The molecule has 134 valence electrons. The summed E-state index contributed by atoms with van der Waals surface area (Å²) in [7, 11) is 0. The van der Waals surface area contributed by atoms with E-state index in [1.165, 1.54) is 4.88 Å². The average Bonchev–Trinajstić information content (AvgIpc) is 3.30. The fraction of sp³-hybridized carbons (Fsp3) is 0.389. The van der Waals surface area contributed by atoms with Crippen LogP contribution in [0.25, 0.3) is 11.6 Å². The molecule has 4 rings (SSSR count). The van der Waals surface area contributed by atoms with Gasteiger partial charge in [0, 0.05) is 41.7 Å². The summed E-state index contributed by atoms with van der Waals surface area (Å²) in [5.74, 6) is 1.15. The number of nitrogens with zero attached hydrogens (tertiary/aromatic N) is 5. The van der Waals surface area contributed by atoms with Crippen LogP contribution in [-0.2, 0) is 0 Å². The molecule has 1 saturated heterocycles. The second-order valence-corrected chi connectivity index (χ2v) is 7.55. The minimum Gasteiger partial charge on any atom is -0.338 e. The van der Waals surface area contributed by atoms with Gasteiger partial charge < -0.3 is 9.42 Å². The molecular weight excluding hydrogens is 350 g/mol.